The molecule has 2 bridgehead atoms. The number of hydrogen-bond acceptors (Lipinski definition) is 1. The van der Waals surface area contributed by atoms with E-state index in [1.165, 1.54) is 6.08 Å². The molecule has 2 aliphatic carbocycles. The van der Waals surface area contributed by atoms with Crippen LogP contribution in [0.5, 0.6) is 0 Å². The fraction of sp³-hybridized carbons (Fsp3) is 0.471. The molecule has 7 heteroatoms. The monoisotopic (exact) mass is 418 g/mol. The first-order valence-electron chi connectivity index (χ1n) is 7.71. The van der Waals surface area contributed by atoms with Crippen molar-refractivity contribution < 1.29 is 13.2 Å². The highest BCUT2D eigenvalue weighted by Crippen LogP contribution is 2.47. The van der Waals surface area contributed by atoms with Crippen LogP contribution in [0.4, 0.5) is 13.2 Å². The summed E-state index contributed by atoms with van der Waals surface area (Å²) in [6, 6.07) is -0.387. The zero-order valence-electron chi connectivity index (χ0n) is 13.5. The summed E-state index contributed by atoms with van der Waals surface area (Å²) in [6.45, 7) is 6.35. The molecule has 0 amide bonds. The number of halogens is 4. The molecule has 0 radical (unpaired) electrons. The van der Waals surface area contributed by atoms with Crippen molar-refractivity contribution in [1.29, 1.82) is 0 Å². The normalized spacial score (nSPS) is 29.3. The van der Waals surface area contributed by atoms with E-state index in [2.05, 4.69) is 48.1 Å². The standard InChI is InChI=1S/C17H18BrF3N2S/c1-9-4-5-14(16(9,2)3)23-11-6-10(17(19,20)21)7-12(18)13(8-11)22-15(23)24/h5-9,13H,4H2,1-3H3,(H,22,24). The smallest absolute Gasteiger partial charge is 0.351 e. The molecule has 0 aromatic heterocycles. The number of alkyl halides is 3. The molecule has 130 valence electrons. The van der Waals surface area contributed by atoms with Crippen molar-refractivity contribution in [3.8, 4) is 0 Å². The van der Waals surface area contributed by atoms with E-state index in [-0.39, 0.29) is 11.5 Å². The Hall–Kier alpha value is -1.08. The summed E-state index contributed by atoms with van der Waals surface area (Å²) in [4.78, 5) is 1.75. The predicted molar refractivity (Wildman–Crippen MR) is 96.2 cm³/mol. The maximum absolute atomic E-state index is 13.3. The highest BCUT2D eigenvalue weighted by molar-refractivity contribution is 9.11. The second kappa shape index (κ2) is 5.73. The number of nitrogens with zero attached hydrogens (tertiary/aromatic N) is 1. The van der Waals surface area contributed by atoms with Gasteiger partial charge in [0.25, 0.3) is 0 Å². The summed E-state index contributed by atoms with van der Waals surface area (Å²) in [7, 11) is 0. The number of allylic oxidation sites excluding steroid dienone is 5. The van der Waals surface area contributed by atoms with Gasteiger partial charge in [-0.25, -0.2) is 0 Å². The molecule has 0 saturated heterocycles. The average molecular weight is 419 g/mol. The van der Waals surface area contributed by atoms with E-state index in [1.807, 2.05) is 0 Å². The van der Waals surface area contributed by atoms with Crippen molar-refractivity contribution >= 4 is 33.3 Å². The number of hydrogen-bond donors (Lipinski definition) is 1. The van der Waals surface area contributed by atoms with Gasteiger partial charge < -0.3 is 5.32 Å². The zero-order valence-corrected chi connectivity index (χ0v) is 15.9. The molecule has 2 unspecified atom stereocenters. The lowest BCUT2D eigenvalue weighted by molar-refractivity contribution is -0.0883. The van der Waals surface area contributed by atoms with Crippen molar-refractivity contribution in [3.63, 3.8) is 0 Å². The fourth-order valence-electron chi connectivity index (χ4n) is 3.19. The summed E-state index contributed by atoms with van der Waals surface area (Å²) in [5.41, 5.74) is 0.565. The lowest BCUT2D eigenvalue weighted by Gasteiger charge is -2.40. The first-order valence-corrected chi connectivity index (χ1v) is 8.91. The molecule has 2 atom stereocenters. The van der Waals surface area contributed by atoms with Crippen LogP contribution in [-0.4, -0.2) is 22.2 Å². The number of thiocarbonyl (C=S) groups is 1. The molecule has 3 rings (SSSR count). The Balaban J connectivity index is 2.09. The van der Waals surface area contributed by atoms with Gasteiger partial charge in [-0.2, -0.15) is 13.2 Å². The molecular formula is C17H18BrF3N2S. The first-order chi connectivity index (χ1) is 11.0. The van der Waals surface area contributed by atoms with Crippen LogP contribution in [0.3, 0.4) is 0 Å². The minimum Gasteiger partial charge on any atom is -0.351 e. The molecular weight excluding hydrogens is 401 g/mol. The van der Waals surface area contributed by atoms with E-state index in [9.17, 15) is 13.2 Å². The third kappa shape index (κ3) is 2.86. The summed E-state index contributed by atoms with van der Waals surface area (Å²) >= 11 is 8.72. The quantitative estimate of drug-likeness (QED) is 0.592. The summed E-state index contributed by atoms with van der Waals surface area (Å²) in [6.07, 6.45) is 2.61. The largest absolute Gasteiger partial charge is 0.416 e. The van der Waals surface area contributed by atoms with Gasteiger partial charge >= 0.3 is 6.18 Å². The van der Waals surface area contributed by atoms with Crippen LogP contribution in [0.1, 0.15) is 27.2 Å². The average Bonchev–Trinajstić information content (AvgIpc) is 2.63. The van der Waals surface area contributed by atoms with Gasteiger partial charge in [0.15, 0.2) is 5.11 Å². The highest BCUT2D eigenvalue weighted by atomic mass is 79.9. The molecule has 0 fully saturated rings. The molecule has 24 heavy (non-hydrogen) atoms. The third-order valence-electron chi connectivity index (χ3n) is 5.10. The Morgan fingerprint density at radius 2 is 2.00 bits per heavy atom. The lowest BCUT2D eigenvalue weighted by atomic mass is 9.80. The van der Waals surface area contributed by atoms with Crippen LogP contribution < -0.4 is 5.32 Å². The first kappa shape index (κ1) is 17.7. The Labute approximate surface area is 153 Å². The molecule has 1 aliphatic heterocycles. The van der Waals surface area contributed by atoms with Crippen molar-refractivity contribution in [2.45, 2.75) is 39.4 Å². The Morgan fingerprint density at radius 3 is 2.54 bits per heavy atom. The van der Waals surface area contributed by atoms with Crippen LogP contribution in [0.15, 0.2) is 45.8 Å². The van der Waals surface area contributed by atoms with E-state index in [0.717, 1.165) is 18.2 Å². The second-order valence-corrected chi connectivity index (χ2v) is 8.23. The Bertz CT molecular complexity index is 716. The maximum Gasteiger partial charge on any atom is 0.416 e. The summed E-state index contributed by atoms with van der Waals surface area (Å²) < 4.78 is 40.4. The van der Waals surface area contributed by atoms with Crippen molar-refractivity contribution in [2.24, 2.45) is 11.3 Å². The van der Waals surface area contributed by atoms with Crippen LogP contribution in [-0.2, 0) is 0 Å². The van der Waals surface area contributed by atoms with Crippen LogP contribution in [0.2, 0.25) is 0 Å². The van der Waals surface area contributed by atoms with E-state index < -0.39 is 11.7 Å². The molecule has 0 aromatic carbocycles. The Kier molecular flexibility index (Phi) is 4.23. The zero-order chi connectivity index (χ0) is 17.9. The number of fused-ring (bicyclic) bond motifs is 1. The summed E-state index contributed by atoms with van der Waals surface area (Å²) in [5, 5.41) is 3.54. The van der Waals surface area contributed by atoms with Crippen molar-refractivity contribution in [1.82, 2.24) is 10.2 Å². The molecule has 1 heterocycles. The van der Waals surface area contributed by atoms with Gasteiger partial charge in [-0.3, -0.25) is 4.90 Å². The van der Waals surface area contributed by atoms with Gasteiger partial charge in [-0.1, -0.05) is 42.8 Å². The van der Waals surface area contributed by atoms with Crippen molar-refractivity contribution in [2.75, 3.05) is 0 Å². The minimum atomic E-state index is -4.42. The predicted octanol–water partition coefficient (Wildman–Crippen LogP) is 5.16. The summed E-state index contributed by atoms with van der Waals surface area (Å²) in [5.74, 6) is 0.398. The number of nitrogens with one attached hydrogen (secondary N) is 1. The molecule has 0 spiro atoms. The van der Waals surface area contributed by atoms with E-state index in [4.69, 9.17) is 12.2 Å². The SMILES string of the molecule is CC1CC=C(N2C(=S)NC3C=C2C=C(C(F)(F)F)C=C3Br)C1(C)C. The van der Waals surface area contributed by atoms with Crippen LogP contribution in [0.25, 0.3) is 0 Å². The minimum absolute atomic E-state index is 0.164. The van der Waals surface area contributed by atoms with Crippen molar-refractivity contribution in [3.05, 3.63) is 45.8 Å². The van der Waals surface area contributed by atoms with E-state index >= 15 is 0 Å². The molecule has 3 aliphatic rings. The van der Waals surface area contributed by atoms with Gasteiger partial charge in [-0.05, 0) is 42.8 Å². The van der Waals surface area contributed by atoms with Gasteiger partial charge in [0.05, 0.1) is 11.6 Å². The molecule has 2 nitrogen and oxygen atoms in total. The topological polar surface area (TPSA) is 15.3 Å². The van der Waals surface area contributed by atoms with Crippen LogP contribution in [0, 0.1) is 11.3 Å². The second-order valence-electron chi connectivity index (χ2n) is 6.93. The van der Waals surface area contributed by atoms with Gasteiger partial charge in [0.2, 0.25) is 0 Å². The number of rotatable bonds is 1. The maximum atomic E-state index is 13.3. The van der Waals surface area contributed by atoms with E-state index in [1.54, 1.807) is 11.0 Å². The van der Waals surface area contributed by atoms with Gasteiger partial charge in [-0.15, -0.1) is 0 Å². The van der Waals surface area contributed by atoms with Gasteiger partial charge in [0, 0.05) is 21.3 Å². The lowest BCUT2D eigenvalue weighted by Crippen LogP contribution is -2.49. The van der Waals surface area contributed by atoms with Crippen LogP contribution >= 0.6 is 28.1 Å². The molecule has 1 N–H and O–H groups in total. The Morgan fingerprint density at radius 1 is 1.33 bits per heavy atom. The highest BCUT2D eigenvalue weighted by Gasteiger charge is 2.42. The molecule has 0 saturated carbocycles. The molecule has 0 aromatic rings. The fourth-order valence-corrected chi connectivity index (χ4v) is 4.02. The van der Waals surface area contributed by atoms with E-state index in [0.29, 0.717) is 21.2 Å². The third-order valence-corrected chi connectivity index (χ3v) is 6.12. The van der Waals surface area contributed by atoms with Gasteiger partial charge in [0.1, 0.15) is 0 Å².